The van der Waals surface area contributed by atoms with Crippen LogP contribution in [0.15, 0.2) is 12.2 Å². The molecule has 0 aromatic carbocycles. The van der Waals surface area contributed by atoms with Gasteiger partial charge in [0.05, 0.1) is 6.04 Å². The third-order valence-corrected chi connectivity index (χ3v) is 3.35. The van der Waals surface area contributed by atoms with E-state index >= 15 is 0 Å². The molecule has 1 aliphatic heterocycles. The van der Waals surface area contributed by atoms with E-state index in [0.717, 1.165) is 13.1 Å². The van der Waals surface area contributed by atoms with Gasteiger partial charge in [0, 0.05) is 19.5 Å². The van der Waals surface area contributed by atoms with Crippen molar-refractivity contribution in [3.63, 3.8) is 0 Å². The summed E-state index contributed by atoms with van der Waals surface area (Å²) in [5.74, 6) is 0.224. The highest BCUT2D eigenvalue weighted by Crippen LogP contribution is 2.16. The minimum absolute atomic E-state index is 0.224. The molecule has 86 valence electrons. The fourth-order valence-electron chi connectivity index (χ4n) is 2.25. The van der Waals surface area contributed by atoms with Crippen molar-refractivity contribution in [2.24, 2.45) is 0 Å². The minimum atomic E-state index is 0.224. The molecule has 1 amide bonds. The summed E-state index contributed by atoms with van der Waals surface area (Å²) in [5.41, 5.74) is 0. The van der Waals surface area contributed by atoms with Gasteiger partial charge in [0.2, 0.25) is 5.91 Å². The molecule has 0 fully saturated rings. The van der Waals surface area contributed by atoms with Crippen molar-refractivity contribution in [2.45, 2.75) is 39.3 Å². The highest BCUT2D eigenvalue weighted by atomic mass is 16.2. The van der Waals surface area contributed by atoms with Crippen LogP contribution in [0.2, 0.25) is 0 Å². The Bertz CT molecular complexity index is 246. The van der Waals surface area contributed by atoms with Gasteiger partial charge < -0.3 is 4.90 Å². The monoisotopic (exact) mass is 210 g/mol. The first-order valence-electron chi connectivity index (χ1n) is 5.78. The lowest BCUT2D eigenvalue weighted by atomic mass is 10.0. The smallest absolute Gasteiger partial charge is 0.226 e. The number of carbonyl (C=O) groups is 1. The summed E-state index contributed by atoms with van der Waals surface area (Å²) in [6.07, 6.45) is 4.70. The lowest BCUT2D eigenvalue weighted by Gasteiger charge is -2.38. The molecule has 0 aromatic rings. The molecule has 2 unspecified atom stereocenters. The first kappa shape index (κ1) is 12.2. The van der Waals surface area contributed by atoms with E-state index in [2.05, 4.69) is 31.7 Å². The van der Waals surface area contributed by atoms with Crippen LogP contribution in [0.4, 0.5) is 0 Å². The number of nitrogens with zero attached hydrogens (tertiary/aromatic N) is 2. The molecule has 0 aliphatic carbocycles. The van der Waals surface area contributed by atoms with Crippen molar-refractivity contribution in [3.05, 3.63) is 12.2 Å². The molecule has 0 saturated carbocycles. The van der Waals surface area contributed by atoms with Crippen LogP contribution in [0.25, 0.3) is 0 Å². The van der Waals surface area contributed by atoms with Gasteiger partial charge in [-0.25, -0.2) is 0 Å². The van der Waals surface area contributed by atoms with E-state index in [0.29, 0.717) is 12.5 Å². The van der Waals surface area contributed by atoms with Crippen LogP contribution >= 0.6 is 0 Å². The Labute approximate surface area is 92.7 Å². The second-order valence-corrected chi connectivity index (χ2v) is 4.09. The van der Waals surface area contributed by atoms with Crippen molar-refractivity contribution in [1.82, 2.24) is 9.80 Å². The van der Waals surface area contributed by atoms with Crippen molar-refractivity contribution in [1.29, 1.82) is 0 Å². The van der Waals surface area contributed by atoms with Gasteiger partial charge in [-0.1, -0.05) is 26.0 Å². The molecule has 0 aromatic heterocycles. The third-order valence-electron chi connectivity index (χ3n) is 3.35. The predicted octanol–water partition coefficient (Wildman–Crippen LogP) is 1.50. The van der Waals surface area contributed by atoms with Crippen LogP contribution in [0.3, 0.4) is 0 Å². The van der Waals surface area contributed by atoms with Gasteiger partial charge in [-0.05, 0) is 20.0 Å². The quantitative estimate of drug-likeness (QED) is 0.657. The second-order valence-electron chi connectivity index (χ2n) is 4.09. The van der Waals surface area contributed by atoms with Crippen molar-refractivity contribution in [2.75, 3.05) is 20.1 Å². The normalized spacial score (nSPS) is 23.7. The molecule has 1 rings (SSSR count). The van der Waals surface area contributed by atoms with Crippen LogP contribution in [-0.4, -0.2) is 47.9 Å². The minimum Gasteiger partial charge on any atom is -0.337 e. The van der Waals surface area contributed by atoms with E-state index in [-0.39, 0.29) is 11.9 Å². The Hall–Kier alpha value is -0.830. The molecule has 15 heavy (non-hydrogen) atoms. The van der Waals surface area contributed by atoms with Gasteiger partial charge in [0.25, 0.3) is 0 Å². The Balaban J connectivity index is 2.73. The Kier molecular flexibility index (Phi) is 4.33. The molecule has 1 heterocycles. The van der Waals surface area contributed by atoms with Gasteiger partial charge in [-0.2, -0.15) is 0 Å². The van der Waals surface area contributed by atoms with E-state index in [1.807, 2.05) is 18.0 Å². The summed E-state index contributed by atoms with van der Waals surface area (Å²) in [5, 5.41) is 0. The van der Waals surface area contributed by atoms with Crippen LogP contribution in [-0.2, 0) is 4.79 Å². The van der Waals surface area contributed by atoms with Gasteiger partial charge in [-0.3, -0.25) is 9.69 Å². The number of hydrogen-bond donors (Lipinski definition) is 0. The van der Waals surface area contributed by atoms with Crippen LogP contribution in [0.1, 0.15) is 27.2 Å². The lowest BCUT2D eigenvalue weighted by molar-refractivity contribution is -0.131. The van der Waals surface area contributed by atoms with E-state index < -0.39 is 0 Å². The summed E-state index contributed by atoms with van der Waals surface area (Å²) in [7, 11) is 1.90. The van der Waals surface area contributed by atoms with Gasteiger partial charge in [-0.15, -0.1) is 0 Å². The van der Waals surface area contributed by atoms with Crippen LogP contribution in [0.5, 0.6) is 0 Å². The average Bonchev–Trinajstić information content (AvgIpc) is 2.23. The molecule has 1 aliphatic rings. The maximum Gasteiger partial charge on any atom is 0.226 e. The first-order chi connectivity index (χ1) is 7.11. The molecule has 0 saturated heterocycles. The summed E-state index contributed by atoms with van der Waals surface area (Å²) in [6.45, 7) is 8.58. The van der Waals surface area contributed by atoms with Gasteiger partial charge in [0.15, 0.2) is 0 Å². The largest absolute Gasteiger partial charge is 0.337 e. The molecule has 0 radical (unpaired) electrons. The Morgan fingerprint density at radius 2 is 2.13 bits per heavy atom. The zero-order valence-electron chi connectivity index (χ0n) is 10.2. The third kappa shape index (κ3) is 2.59. The number of likely N-dealkylation sites (N-methyl/N-ethyl adjacent to an activating group) is 2. The molecule has 0 bridgehead atoms. The highest BCUT2D eigenvalue weighted by molar-refractivity contribution is 5.79. The molecule has 0 spiro atoms. The Morgan fingerprint density at radius 3 is 2.67 bits per heavy atom. The van der Waals surface area contributed by atoms with Crippen molar-refractivity contribution < 1.29 is 4.79 Å². The van der Waals surface area contributed by atoms with Gasteiger partial charge >= 0.3 is 0 Å². The van der Waals surface area contributed by atoms with E-state index in [9.17, 15) is 4.79 Å². The first-order valence-corrected chi connectivity index (χ1v) is 5.78. The van der Waals surface area contributed by atoms with Crippen LogP contribution in [0, 0.1) is 0 Å². The van der Waals surface area contributed by atoms with Crippen molar-refractivity contribution >= 4 is 5.91 Å². The second kappa shape index (κ2) is 5.31. The maximum atomic E-state index is 11.6. The maximum absolute atomic E-state index is 11.6. The predicted molar refractivity (Wildman–Crippen MR) is 62.7 cm³/mol. The van der Waals surface area contributed by atoms with Crippen molar-refractivity contribution in [3.8, 4) is 0 Å². The SMILES string of the molecule is CCN(CC)C(C)C1C=CCC(=O)N1C. The molecular weight excluding hydrogens is 188 g/mol. The highest BCUT2D eigenvalue weighted by Gasteiger charge is 2.27. The zero-order chi connectivity index (χ0) is 11.4. The number of hydrogen-bond acceptors (Lipinski definition) is 2. The van der Waals surface area contributed by atoms with E-state index in [1.54, 1.807) is 0 Å². The fourth-order valence-corrected chi connectivity index (χ4v) is 2.25. The summed E-state index contributed by atoms with van der Waals surface area (Å²) in [6, 6.07) is 0.622. The molecule has 2 atom stereocenters. The van der Waals surface area contributed by atoms with E-state index in [1.165, 1.54) is 0 Å². The Morgan fingerprint density at radius 1 is 1.53 bits per heavy atom. The topological polar surface area (TPSA) is 23.6 Å². The van der Waals surface area contributed by atoms with Crippen LogP contribution < -0.4 is 0 Å². The number of amides is 1. The fraction of sp³-hybridized carbons (Fsp3) is 0.750. The average molecular weight is 210 g/mol. The van der Waals surface area contributed by atoms with Gasteiger partial charge in [0.1, 0.15) is 0 Å². The summed E-state index contributed by atoms with van der Waals surface area (Å²) < 4.78 is 0. The molecular formula is C12H22N2O. The number of rotatable bonds is 4. The summed E-state index contributed by atoms with van der Waals surface area (Å²) >= 11 is 0. The molecule has 0 N–H and O–H groups in total. The molecule has 3 nitrogen and oxygen atoms in total. The molecule has 3 heteroatoms. The number of carbonyl (C=O) groups excluding carboxylic acids is 1. The zero-order valence-corrected chi connectivity index (χ0v) is 10.2. The standard InChI is InChI=1S/C12H22N2O/c1-5-14(6-2)10(3)11-8-7-9-12(15)13(11)4/h7-8,10-11H,5-6,9H2,1-4H3. The summed E-state index contributed by atoms with van der Waals surface area (Å²) in [4.78, 5) is 15.8. The van der Waals surface area contributed by atoms with E-state index in [4.69, 9.17) is 0 Å². The lowest BCUT2D eigenvalue weighted by Crippen LogP contribution is -2.51.